The van der Waals surface area contributed by atoms with Gasteiger partial charge in [0, 0.05) is 12.6 Å². The number of carboxylic acids is 1. The molecule has 1 aromatic carbocycles. The second-order valence-corrected chi connectivity index (χ2v) is 5.76. The number of aromatic carboxylic acids is 1. The van der Waals surface area contributed by atoms with Crippen LogP contribution in [0, 0.1) is 6.92 Å². The van der Waals surface area contributed by atoms with Crippen molar-refractivity contribution < 1.29 is 9.90 Å². The van der Waals surface area contributed by atoms with Gasteiger partial charge >= 0.3 is 5.97 Å². The average Bonchev–Trinajstić information content (AvgIpc) is 3.06. The van der Waals surface area contributed by atoms with Gasteiger partial charge in [0.15, 0.2) is 0 Å². The lowest BCUT2D eigenvalue weighted by atomic mass is 10.0. The van der Waals surface area contributed by atoms with Gasteiger partial charge in [-0.1, -0.05) is 24.3 Å². The Labute approximate surface area is 140 Å². The second-order valence-electron chi connectivity index (χ2n) is 5.76. The number of hydrogen-bond donors (Lipinski definition) is 2. The van der Waals surface area contributed by atoms with Crippen LogP contribution in [0.5, 0.6) is 0 Å². The maximum Gasteiger partial charge on any atom is 0.335 e. The minimum atomic E-state index is -0.961. The molecule has 0 atom stereocenters. The zero-order valence-corrected chi connectivity index (χ0v) is 13.5. The summed E-state index contributed by atoms with van der Waals surface area (Å²) in [5.41, 5.74) is 4.22. The van der Waals surface area contributed by atoms with Gasteiger partial charge in [-0.25, -0.2) is 9.78 Å². The van der Waals surface area contributed by atoms with E-state index >= 15 is 0 Å². The van der Waals surface area contributed by atoms with Gasteiger partial charge < -0.3 is 10.1 Å². The van der Waals surface area contributed by atoms with Gasteiger partial charge in [0.1, 0.15) is 5.82 Å². The van der Waals surface area contributed by atoms with E-state index in [-0.39, 0.29) is 5.56 Å². The predicted molar refractivity (Wildman–Crippen MR) is 92.0 cm³/mol. The molecule has 2 N–H and O–H groups in total. The predicted octanol–water partition coefficient (Wildman–Crippen LogP) is 3.65. The van der Waals surface area contributed by atoms with Crippen LogP contribution in [0.1, 0.15) is 33.7 Å². The molecule has 0 aliphatic carbocycles. The molecule has 2 aromatic heterocycles. The number of carbonyl (C=O) groups is 1. The van der Waals surface area contributed by atoms with E-state index in [4.69, 9.17) is 5.11 Å². The smallest absolute Gasteiger partial charge is 0.335 e. The van der Waals surface area contributed by atoms with Crippen LogP contribution in [0.4, 0.5) is 0 Å². The van der Waals surface area contributed by atoms with E-state index in [9.17, 15) is 4.79 Å². The summed E-state index contributed by atoms with van der Waals surface area (Å²) in [6, 6.07) is 11.4. The summed E-state index contributed by atoms with van der Waals surface area (Å²) in [5, 5.41) is 9.05. The Morgan fingerprint density at radius 1 is 1.17 bits per heavy atom. The first-order valence-corrected chi connectivity index (χ1v) is 7.91. The topological polar surface area (TPSA) is 78.9 Å². The van der Waals surface area contributed by atoms with E-state index in [1.54, 1.807) is 12.3 Å². The van der Waals surface area contributed by atoms with Crippen LogP contribution in [0.3, 0.4) is 0 Å². The van der Waals surface area contributed by atoms with Crippen LogP contribution in [0.25, 0.3) is 11.4 Å². The molecule has 0 unspecified atom stereocenters. The van der Waals surface area contributed by atoms with Crippen molar-refractivity contribution >= 4 is 5.97 Å². The van der Waals surface area contributed by atoms with Crippen LogP contribution in [0.2, 0.25) is 0 Å². The number of benzene rings is 1. The summed E-state index contributed by atoms with van der Waals surface area (Å²) < 4.78 is 0. The third-order valence-electron chi connectivity index (χ3n) is 4.03. The summed E-state index contributed by atoms with van der Waals surface area (Å²) in [6.07, 6.45) is 6.05. The first kappa shape index (κ1) is 15.9. The van der Waals surface area contributed by atoms with Crippen molar-refractivity contribution in [1.82, 2.24) is 15.0 Å². The average molecular weight is 321 g/mol. The Morgan fingerprint density at radius 2 is 2.00 bits per heavy atom. The number of aromatic nitrogens is 3. The Kier molecular flexibility index (Phi) is 4.70. The Morgan fingerprint density at radius 3 is 2.79 bits per heavy atom. The van der Waals surface area contributed by atoms with Crippen molar-refractivity contribution in [2.24, 2.45) is 0 Å². The third kappa shape index (κ3) is 3.68. The van der Waals surface area contributed by atoms with Gasteiger partial charge in [-0.2, -0.15) is 0 Å². The molecule has 24 heavy (non-hydrogen) atoms. The minimum Gasteiger partial charge on any atom is -0.478 e. The maximum atomic E-state index is 11.0. The van der Waals surface area contributed by atoms with Crippen molar-refractivity contribution in [1.29, 1.82) is 0 Å². The molecule has 0 aliphatic rings. The van der Waals surface area contributed by atoms with Crippen molar-refractivity contribution in [3.05, 3.63) is 71.3 Å². The highest BCUT2D eigenvalue weighted by molar-refractivity contribution is 5.88. The lowest BCUT2D eigenvalue weighted by Crippen LogP contribution is -1.97. The molecule has 0 radical (unpaired) electrons. The van der Waals surface area contributed by atoms with Gasteiger partial charge in [-0.05, 0) is 43.0 Å². The molecule has 0 bridgehead atoms. The number of rotatable bonds is 6. The van der Waals surface area contributed by atoms with Crippen LogP contribution < -0.4 is 0 Å². The highest BCUT2D eigenvalue weighted by Crippen LogP contribution is 2.17. The molecule has 3 aromatic rings. The fourth-order valence-electron chi connectivity index (χ4n) is 2.67. The fraction of sp³-hybridized carbons (Fsp3) is 0.211. The molecule has 5 heteroatoms. The Bertz CT molecular complexity index is 855. The van der Waals surface area contributed by atoms with Gasteiger partial charge in [-0.15, -0.1) is 0 Å². The normalized spacial score (nSPS) is 10.7. The molecule has 2 heterocycles. The van der Waals surface area contributed by atoms with E-state index < -0.39 is 5.97 Å². The van der Waals surface area contributed by atoms with Crippen molar-refractivity contribution in [3.63, 3.8) is 0 Å². The number of pyridine rings is 1. The van der Waals surface area contributed by atoms with E-state index in [1.165, 1.54) is 23.4 Å². The molecule has 3 rings (SSSR count). The van der Waals surface area contributed by atoms with E-state index in [0.29, 0.717) is 5.69 Å². The maximum absolute atomic E-state index is 11.0. The highest BCUT2D eigenvalue weighted by Gasteiger charge is 2.09. The zero-order valence-electron chi connectivity index (χ0n) is 13.5. The molecule has 0 saturated heterocycles. The van der Waals surface area contributed by atoms with Crippen molar-refractivity contribution in [2.75, 3.05) is 0 Å². The number of nitrogens with zero attached hydrogens (tertiary/aromatic N) is 2. The van der Waals surface area contributed by atoms with Crippen LogP contribution in [0.15, 0.2) is 48.8 Å². The van der Waals surface area contributed by atoms with Crippen LogP contribution >= 0.6 is 0 Å². The van der Waals surface area contributed by atoms with Crippen molar-refractivity contribution in [2.45, 2.75) is 26.2 Å². The number of aryl methyl sites for hydroxylation is 3. The second kappa shape index (κ2) is 7.08. The monoisotopic (exact) mass is 321 g/mol. The summed E-state index contributed by atoms with van der Waals surface area (Å²) in [4.78, 5) is 22.9. The number of aromatic amines is 1. The molecule has 0 aliphatic heterocycles. The van der Waals surface area contributed by atoms with Gasteiger partial charge in [-0.3, -0.25) is 4.98 Å². The molecule has 0 fully saturated rings. The summed E-state index contributed by atoms with van der Waals surface area (Å²) in [6.45, 7) is 2.13. The molecular weight excluding hydrogens is 302 g/mol. The molecule has 5 nitrogen and oxygen atoms in total. The third-order valence-corrected chi connectivity index (χ3v) is 4.03. The number of hydrogen-bond acceptors (Lipinski definition) is 3. The largest absolute Gasteiger partial charge is 0.478 e. The SMILES string of the molecule is Cc1ccccc1CCCc1ncc(-c2cc(C(=O)O)ccn2)[nH]1. The fourth-order valence-corrected chi connectivity index (χ4v) is 2.67. The van der Waals surface area contributed by atoms with Crippen LogP contribution in [-0.2, 0) is 12.8 Å². The van der Waals surface area contributed by atoms with Crippen molar-refractivity contribution in [3.8, 4) is 11.4 Å². The Hall–Kier alpha value is -2.95. The summed E-state index contributed by atoms with van der Waals surface area (Å²) in [7, 11) is 0. The number of carboxylic acid groups (broad SMARTS) is 1. The van der Waals surface area contributed by atoms with Gasteiger partial charge in [0.05, 0.1) is 23.1 Å². The molecule has 0 spiro atoms. The molecule has 122 valence electrons. The quantitative estimate of drug-likeness (QED) is 0.726. The van der Waals surface area contributed by atoms with E-state index in [1.807, 2.05) is 0 Å². The van der Waals surface area contributed by atoms with E-state index in [0.717, 1.165) is 30.8 Å². The van der Waals surface area contributed by atoms with Gasteiger partial charge in [0.2, 0.25) is 0 Å². The number of nitrogens with one attached hydrogen (secondary N) is 1. The van der Waals surface area contributed by atoms with E-state index in [2.05, 4.69) is 46.1 Å². The number of imidazole rings is 1. The highest BCUT2D eigenvalue weighted by atomic mass is 16.4. The molecular formula is C19H19N3O2. The minimum absolute atomic E-state index is 0.218. The first-order chi connectivity index (χ1) is 11.6. The first-order valence-electron chi connectivity index (χ1n) is 7.91. The summed E-state index contributed by atoms with van der Waals surface area (Å²) >= 11 is 0. The molecule has 0 saturated carbocycles. The van der Waals surface area contributed by atoms with Crippen LogP contribution in [-0.4, -0.2) is 26.0 Å². The zero-order chi connectivity index (χ0) is 16.9. The van der Waals surface area contributed by atoms with Gasteiger partial charge in [0.25, 0.3) is 0 Å². The Balaban J connectivity index is 1.64. The lowest BCUT2D eigenvalue weighted by Gasteiger charge is -2.04. The standard InChI is InChI=1S/C19H19N3O2/c1-13-5-2-3-6-14(13)7-4-8-18-21-12-17(22-18)16-11-15(19(23)24)9-10-20-16/h2-3,5-6,9-12H,4,7-8H2,1H3,(H,21,22)(H,23,24). The molecule has 0 amide bonds. The lowest BCUT2D eigenvalue weighted by molar-refractivity contribution is 0.0697. The number of H-pyrrole nitrogens is 1. The summed E-state index contributed by atoms with van der Waals surface area (Å²) in [5.74, 6) is -0.0715.